The molecule has 0 aromatic heterocycles. The Morgan fingerprint density at radius 3 is 2.32 bits per heavy atom. The Bertz CT molecular complexity index is 934. The fraction of sp³-hybridized carbons (Fsp3) is 0.286. The third kappa shape index (κ3) is 4.99. The Balaban J connectivity index is 1.57. The van der Waals surface area contributed by atoms with Crippen molar-refractivity contribution in [2.45, 2.75) is 6.42 Å². The van der Waals surface area contributed by atoms with Crippen molar-refractivity contribution < 1.29 is 17.9 Å². The summed E-state index contributed by atoms with van der Waals surface area (Å²) < 4.78 is 31.8. The molecule has 2 aromatic rings. The first-order valence-electron chi connectivity index (χ1n) is 9.12. The van der Waals surface area contributed by atoms with Crippen LogP contribution < -0.4 is 4.74 Å². The first kappa shape index (κ1) is 20.1. The predicted octanol–water partition coefficient (Wildman–Crippen LogP) is 2.38. The van der Waals surface area contributed by atoms with Crippen molar-refractivity contribution >= 4 is 22.0 Å². The topological polar surface area (TPSA) is 66.9 Å². The van der Waals surface area contributed by atoms with Crippen LogP contribution >= 0.6 is 0 Å². The van der Waals surface area contributed by atoms with E-state index in [-0.39, 0.29) is 12.3 Å². The fourth-order valence-electron chi connectivity index (χ4n) is 3.13. The summed E-state index contributed by atoms with van der Waals surface area (Å²) in [7, 11) is -1.93. The van der Waals surface area contributed by atoms with E-state index in [9.17, 15) is 13.2 Å². The van der Waals surface area contributed by atoms with Gasteiger partial charge >= 0.3 is 0 Å². The van der Waals surface area contributed by atoms with Gasteiger partial charge in [-0.25, -0.2) is 8.42 Å². The average molecular weight is 401 g/mol. The zero-order valence-corrected chi connectivity index (χ0v) is 16.6. The molecule has 148 valence electrons. The summed E-state index contributed by atoms with van der Waals surface area (Å²) in [5.41, 5.74) is 1.66. The lowest BCUT2D eigenvalue weighted by molar-refractivity contribution is -0.131. The van der Waals surface area contributed by atoms with Crippen LogP contribution in [0.4, 0.5) is 0 Å². The second-order valence-corrected chi connectivity index (χ2v) is 8.35. The largest absolute Gasteiger partial charge is 0.496 e. The van der Waals surface area contributed by atoms with Crippen LogP contribution in [0.2, 0.25) is 0 Å². The van der Waals surface area contributed by atoms with Gasteiger partial charge in [0.25, 0.3) is 0 Å². The molecule has 6 nitrogen and oxygen atoms in total. The maximum atomic E-state index is 12.6. The van der Waals surface area contributed by atoms with Gasteiger partial charge in [0, 0.05) is 37.2 Å². The van der Waals surface area contributed by atoms with Gasteiger partial charge in [0.15, 0.2) is 0 Å². The molecule has 2 aromatic carbocycles. The molecule has 0 bridgehead atoms. The molecule has 1 fully saturated rings. The monoisotopic (exact) mass is 400 g/mol. The molecular weight excluding hydrogens is 376 g/mol. The number of hydrogen-bond acceptors (Lipinski definition) is 4. The van der Waals surface area contributed by atoms with Gasteiger partial charge in [-0.3, -0.25) is 4.79 Å². The lowest BCUT2D eigenvalue weighted by Crippen LogP contribution is -2.50. The zero-order valence-electron chi connectivity index (χ0n) is 15.8. The maximum Gasteiger partial charge on any atom is 0.236 e. The number of benzene rings is 2. The molecule has 0 saturated carbocycles. The Morgan fingerprint density at radius 2 is 1.64 bits per heavy atom. The van der Waals surface area contributed by atoms with Crippen LogP contribution in [-0.2, 0) is 21.2 Å². The van der Waals surface area contributed by atoms with E-state index in [0.29, 0.717) is 31.9 Å². The molecule has 0 radical (unpaired) electrons. The summed E-state index contributed by atoms with van der Waals surface area (Å²) in [6.45, 7) is 1.34. The summed E-state index contributed by atoms with van der Waals surface area (Å²) in [6, 6.07) is 16.7. The third-order valence-corrected chi connectivity index (χ3v) is 6.28. The standard InChI is InChI=1S/C21H24N2O4S/c1-27-20-10-6-5-9-19(20)17-21(24)22-12-14-23(15-13-22)28(25,26)16-11-18-7-3-2-4-8-18/h2-11,16H,12-15,17H2,1H3/b16-11+. The summed E-state index contributed by atoms with van der Waals surface area (Å²) in [4.78, 5) is 14.3. The molecule has 1 aliphatic rings. The summed E-state index contributed by atoms with van der Waals surface area (Å²) in [5.74, 6) is 0.657. The van der Waals surface area contributed by atoms with Gasteiger partial charge in [0.2, 0.25) is 15.9 Å². The number of para-hydroxylation sites is 1. The summed E-state index contributed by atoms with van der Waals surface area (Å²) >= 11 is 0. The lowest BCUT2D eigenvalue weighted by atomic mass is 10.1. The highest BCUT2D eigenvalue weighted by molar-refractivity contribution is 7.92. The van der Waals surface area contributed by atoms with E-state index >= 15 is 0 Å². The smallest absolute Gasteiger partial charge is 0.236 e. The highest BCUT2D eigenvalue weighted by Crippen LogP contribution is 2.19. The highest BCUT2D eigenvalue weighted by atomic mass is 32.2. The van der Waals surface area contributed by atoms with Crippen LogP contribution in [-0.4, -0.2) is 56.8 Å². The van der Waals surface area contributed by atoms with Crippen molar-refractivity contribution in [3.63, 3.8) is 0 Å². The first-order chi connectivity index (χ1) is 13.5. The Labute approximate surface area is 166 Å². The van der Waals surface area contributed by atoms with E-state index in [1.807, 2.05) is 54.6 Å². The SMILES string of the molecule is COc1ccccc1CC(=O)N1CCN(S(=O)(=O)/C=C/c2ccccc2)CC1. The minimum atomic E-state index is -3.51. The van der Waals surface area contributed by atoms with Crippen LogP contribution in [0.5, 0.6) is 5.75 Å². The van der Waals surface area contributed by atoms with Gasteiger partial charge in [-0.2, -0.15) is 4.31 Å². The van der Waals surface area contributed by atoms with Crippen molar-refractivity contribution in [1.29, 1.82) is 0 Å². The normalized spacial score (nSPS) is 15.7. The number of piperazine rings is 1. The van der Waals surface area contributed by atoms with Crippen LogP contribution in [0.15, 0.2) is 60.0 Å². The zero-order chi connectivity index (χ0) is 20.0. The number of hydrogen-bond donors (Lipinski definition) is 0. The molecule has 1 aliphatic heterocycles. The highest BCUT2D eigenvalue weighted by Gasteiger charge is 2.27. The minimum absolute atomic E-state index is 0.0265. The van der Waals surface area contributed by atoms with Crippen LogP contribution in [0.3, 0.4) is 0 Å². The Hall–Kier alpha value is -2.64. The number of amides is 1. The Morgan fingerprint density at radius 1 is 1.00 bits per heavy atom. The van der Waals surface area contributed by atoms with Gasteiger partial charge in [0.05, 0.1) is 13.5 Å². The van der Waals surface area contributed by atoms with Crippen LogP contribution in [0.25, 0.3) is 6.08 Å². The third-order valence-electron chi connectivity index (χ3n) is 4.72. The van der Waals surface area contributed by atoms with Gasteiger partial charge < -0.3 is 9.64 Å². The first-order valence-corrected chi connectivity index (χ1v) is 10.6. The van der Waals surface area contributed by atoms with E-state index in [2.05, 4.69) is 0 Å². The van der Waals surface area contributed by atoms with E-state index in [1.54, 1.807) is 18.1 Å². The number of nitrogens with zero attached hydrogens (tertiary/aromatic N) is 2. The quantitative estimate of drug-likeness (QED) is 0.747. The number of carbonyl (C=O) groups is 1. The number of methoxy groups -OCH3 is 1. The molecule has 0 atom stereocenters. The molecule has 0 unspecified atom stereocenters. The average Bonchev–Trinajstić information content (AvgIpc) is 2.73. The molecule has 7 heteroatoms. The fourth-order valence-corrected chi connectivity index (χ4v) is 4.30. The van der Waals surface area contributed by atoms with Gasteiger partial charge in [0.1, 0.15) is 5.75 Å². The molecule has 1 amide bonds. The number of rotatable bonds is 6. The van der Waals surface area contributed by atoms with Gasteiger partial charge in [-0.1, -0.05) is 48.5 Å². The van der Waals surface area contributed by atoms with Crippen molar-refractivity contribution in [3.05, 3.63) is 71.1 Å². The molecular formula is C21H24N2O4S. The van der Waals surface area contributed by atoms with Crippen molar-refractivity contribution in [2.75, 3.05) is 33.3 Å². The molecule has 0 aliphatic carbocycles. The second-order valence-electron chi connectivity index (χ2n) is 6.53. The molecule has 0 N–H and O–H groups in total. The van der Waals surface area contributed by atoms with Gasteiger partial charge in [-0.05, 0) is 17.7 Å². The minimum Gasteiger partial charge on any atom is -0.496 e. The van der Waals surface area contributed by atoms with E-state index in [0.717, 1.165) is 11.1 Å². The number of ether oxygens (including phenoxy) is 1. The molecule has 3 rings (SSSR count). The van der Waals surface area contributed by atoms with E-state index in [1.165, 1.54) is 9.71 Å². The molecule has 0 spiro atoms. The van der Waals surface area contributed by atoms with Crippen molar-refractivity contribution in [3.8, 4) is 5.75 Å². The summed E-state index contributed by atoms with van der Waals surface area (Å²) in [6.07, 6.45) is 1.83. The molecule has 1 heterocycles. The molecule has 1 saturated heterocycles. The van der Waals surface area contributed by atoms with Crippen LogP contribution in [0, 0.1) is 0 Å². The van der Waals surface area contributed by atoms with Gasteiger partial charge in [-0.15, -0.1) is 0 Å². The van der Waals surface area contributed by atoms with Crippen molar-refractivity contribution in [1.82, 2.24) is 9.21 Å². The van der Waals surface area contributed by atoms with E-state index in [4.69, 9.17) is 4.74 Å². The molecule has 28 heavy (non-hydrogen) atoms. The number of carbonyl (C=O) groups excluding carboxylic acids is 1. The Kier molecular flexibility index (Phi) is 6.49. The number of sulfonamides is 1. The van der Waals surface area contributed by atoms with Crippen molar-refractivity contribution in [2.24, 2.45) is 0 Å². The lowest BCUT2D eigenvalue weighted by Gasteiger charge is -2.33. The predicted molar refractivity (Wildman–Crippen MR) is 109 cm³/mol. The second kappa shape index (κ2) is 9.03. The summed E-state index contributed by atoms with van der Waals surface area (Å²) in [5, 5.41) is 1.23. The van der Waals surface area contributed by atoms with Crippen LogP contribution in [0.1, 0.15) is 11.1 Å². The van der Waals surface area contributed by atoms with E-state index < -0.39 is 10.0 Å². The maximum absolute atomic E-state index is 12.6.